The number of carbonyl (C=O) groups excluding carboxylic acids is 3. The number of nitrogens with one attached hydrogen (secondary N) is 1. The quantitative estimate of drug-likeness (QED) is 0.189. The highest BCUT2D eigenvalue weighted by Gasteiger charge is 2.42. The Bertz CT molecular complexity index is 1360. The number of aliphatic hydroxyl groups excluding tert-OH is 3. The molecule has 1 heterocycles. The summed E-state index contributed by atoms with van der Waals surface area (Å²) in [4.78, 5) is 40.5. The molecule has 0 fully saturated rings. The molecule has 0 spiro atoms. The Labute approximate surface area is 256 Å². The van der Waals surface area contributed by atoms with Gasteiger partial charge in [-0.2, -0.15) is 0 Å². The second kappa shape index (κ2) is 14.2. The number of benzene rings is 2. The lowest BCUT2D eigenvalue weighted by molar-refractivity contribution is -0.149. The summed E-state index contributed by atoms with van der Waals surface area (Å²) in [6.45, 7) is 1.06. The van der Waals surface area contributed by atoms with Gasteiger partial charge in [-0.1, -0.05) is 13.0 Å². The van der Waals surface area contributed by atoms with Crippen LogP contribution >= 0.6 is 22.6 Å². The zero-order chi connectivity index (χ0) is 30.4. The molecular formula is C29H33IN2O10. The molecule has 2 aliphatic rings. The first kappa shape index (κ1) is 31.5. The molecule has 2 aromatic carbocycles. The van der Waals surface area contributed by atoms with Crippen molar-refractivity contribution in [3.63, 3.8) is 0 Å². The third-order valence-electron chi connectivity index (χ3n) is 6.95. The summed E-state index contributed by atoms with van der Waals surface area (Å²) in [6.07, 6.45) is -1.16. The van der Waals surface area contributed by atoms with E-state index in [1.54, 1.807) is 37.3 Å². The van der Waals surface area contributed by atoms with E-state index in [0.717, 1.165) is 0 Å². The second-order valence-electron chi connectivity index (χ2n) is 9.68. The monoisotopic (exact) mass is 696 g/mol. The van der Waals surface area contributed by atoms with Crippen LogP contribution in [0.4, 0.5) is 0 Å². The molecule has 0 radical (unpaired) electrons. The summed E-state index contributed by atoms with van der Waals surface area (Å²) in [5.41, 5.74) is 1.42. The molecule has 4 rings (SSSR count). The number of hydrogen-bond donors (Lipinski definition) is 4. The van der Waals surface area contributed by atoms with Gasteiger partial charge >= 0.3 is 0 Å². The van der Waals surface area contributed by atoms with Crippen molar-refractivity contribution in [3.8, 4) is 23.0 Å². The molecule has 0 saturated heterocycles. The Morgan fingerprint density at radius 2 is 1.88 bits per heavy atom. The van der Waals surface area contributed by atoms with Crippen LogP contribution in [0.3, 0.4) is 0 Å². The van der Waals surface area contributed by atoms with E-state index < -0.39 is 35.8 Å². The fraction of sp³-hybridized carbons (Fsp3) is 0.414. The van der Waals surface area contributed by atoms with Gasteiger partial charge in [0.1, 0.15) is 12.2 Å². The molecule has 4 N–H and O–H groups in total. The Hall–Kier alpha value is -3.40. The lowest BCUT2D eigenvalue weighted by Crippen LogP contribution is -2.56. The van der Waals surface area contributed by atoms with Gasteiger partial charge in [0.05, 0.1) is 29.9 Å². The number of fused-ring (bicyclic) bond motifs is 1. The highest BCUT2D eigenvalue weighted by atomic mass is 127. The van der Waals surface area contributed by atoms with Crippen LogP contribution in [0.25, 0.3) is 0 Å². The summed E-state index contributed by atoms with van der Waals surface area (Å²) in [5.74, 6) is -0.368. The summed E-state index contributed by atoms with van der Waals surface area (Å²) < 4.78 is 23.1. The average Bonchev–Trinajstić information content (AvgIpc) is 3.47. The van der Waals surface area contributed by atoms with Gasteiger partial charge in [0.2, 0.25) is 18.5 Å². The number of rotatable bonds is 12. The predicted octanol–water partition coefficient (Wildman–Crippen LogP) is 1.44. The number of hydrogen-bond acceptors (Lipinski definition) is 10. The van der Waals surface area contributed by atoms with Crippen LogP contribution in [0, 0.1) is 3.57 Å². The predicted molar refractivity (Wildman–Crippen MR) is 157 cm³/mol. The van der Waals surface area contributed by atoms with Gasteiger partial charge in [-0.15, -0.1) is 0 Å². The standard InChI is InChI=1S/C29H33IN2O10/c1-3-21(35)29(38)32(13-16-4-5-22-23(9-16)41-15-40-22)20-11-18(28(37)31-6-7-33)12-24(26(20)36)42-27-19(30)8-17(14-34)10-25(27)39-2/h4-5,8-10,12,20,24,26,33-34,36H,3,6-7,11,13-15H2,1-2H3,(H,31,37). The largest absolute Gasteiger partial charge is 0.493 e. The van der Waals surface area contributed by atoms with Crippen molar-refractivity contribution in [2.24, 2.45) is 0 Å². The van der Waals surface area contributed by atoms with Crippen LogP contribution in [0.2, 0.25) is 0 Å². The summed E-state index contributed by atoms with van der Waals surface area (Å²) in [7, 11) is 1.44. The minimum atomic E-state index is -1.36. The first-order valence-electron chi connectivity index (χ1n) is 13.3. The number of ether oxygens (including phenoxy) is 4. The molecule has 226 valence electrons. The summed E-state index contributed by atoms with van der Waals surface area (Å²) in [5, 5.41) is 33.1. The van der Waals surface area contributed by atoms with E-state index in [1.165, 1.54) is 18.1 Å². The lowest BCUT2D eigenvalue weighted by Gasteiger charge is -2.40. The van der Waals surface area contributed by atoms with Crippen LogP contribution < -0.4 is 24.3 Å². The molecule has 3 atom stereocenters. The van der Waals surface area contributed by atoms with Crippen molar-refractivity contribution >= 4 is 40.2 Å². The van der Waals surface area contributed by atoms with E-state index in [-0.39, 0.29) is 57.3 Å². The maximum atomic E-state index is 13.5. The van der Waals surface area contributed by atoms with Crippen molar-refractivity contribution in [2.75, 3.05) is 27.1 Å². The molecule has 2 aromatic rings. The molecule has 3 unspecified atom stereocenters. The molecule has 1 aliphatic heterocycles. The molecule has 1 aliphatic carbocycles. The van der Waals surface area contributed by atoms with Gasteiger partial charge in [0, 0.05) is 31.5 Å². The van der Waals surface area contributed by atoms with Gasteiger partial charge in [-0.3, -0.25) is 14.4 Å². The number of halogens is 1. The number of carbonyl (C=O) groups is 3. The normalized spacial score (nSPS) is 19.1. The number of ketones is 1. The lowest BCUT2D eigenvalue weighted by atomic mass is 9.87. The number of nitrogens with zero attached hydrogens (tertiary/aromatic N) is 1. The minimum Gasteiger partial charge on any atom is -0.493 e. The minimum absolute atomic E-state index is 0.00256. The Kier molecular flexibility index (Phi) is 10.6. The van der Waals surface area contributed by atoms with Crippen LogP contribution in [0.15, 0.2) is 42.0 Å². The third kappa shape index (κ3) is 6.97. The van der Waals surface area contributed by atoms with Crippen molar-refractivity contribution in [2.45, 2.75) is 51.2 Å². The molecule has 42 heavy (non-hydrogen) atoms. The Balaban J connectivity index is 1.73. The fourth-order valence-electron chi connectivity index (χ4n) is 4.78. The maximum absolute atomic E-state index is 13.5. The third-order valence-corrected chi connectivity index (χ3v) is 7.75. The fourth-order valence-corrected chi connectivity index (χ4v) is 5.57. The first-order chi connectivity index (χ1) is 20.2. The summed E-state index contributed by atoms with van der Waals surface area (Å²) >= 11 is 2.01. The first-order valence-corrected chi connectivity index (χ1v) is 14.4. The van der Waals surface area contributed by atoms with Crippen molar-refractivity contribution in [3.05, 3.63) is 56.7 Å². The zero-order valence-electron chi connectivity index (χ0n) is 23.2. The topological polar surface area (TPSA) is 164 Å². The van der Waals surface area contributed by atoms with E-state index in [2.05, 4.69) is 5.32 Å². The smallest absolute Gasteiger partial charge is 0.290 e. The van der Waals surface area contributed by atoms with Gasteiger partial charge < -0.3 is 44.5 Å². The Morgan fingerprint density at radius 1 is 1.12 bits per heavy atom. The van der Waals surface area contributed by atoms with Gasteiger partial charge in [-0.05, 0) is 64.1 Å². The van der Waals surface area contributed by atoms with E-state index in [9.17, 15) is 29.7 Å². The molecule has 13 heteroatoms. The van der Waals surface area contributed by atoms with E-state index in [1.807, 2.05) is 22.6 Å². The second-order valence-corrected chi connectivity index (χ2v) is 10.8. The van der Waals surface area contributed by atoms with E-state index in [0.29, 0.717) is 31.9 Å². The van der Waals surface area contributed by atoms with E-state index in [4.69, 9.17) is 18.9 Å². The van der Waals surface area contributed by atoms with Gasteiger partial charge in [-0.25, -0.2) is 0 Å². The van der Waals surface area contributed by atoms with Crippen LogP contribution in [0.5, 0.6) is 23.0 Å². The molecule has 2 amide bonds. The number of methoxy groups -OCH3 is 1. The van der Waals surface area contributed by atoms with Gasteiger partial charge in [0.25, 0.3) is 5.91 Å². The Morgan fingerprint density at radius 3 is 2.57 bits per heavy atom. The van der Waals surface area contributed by atoms with Gasteiger partial charge in [0.15, 0.2) is 23.0 Å². The molecule has 0 aromatic heterocycles. The summed E-state index contributed by atoms with van der Waals surface area (Å²) in [6, 6.07) is 7.38. The number of aliphatic hydroxyl groups is 3. The van der Waals surface area contributed by atoms with Crippen LogP contribution in [0.1, 0.15) is 30.9 Å². The highest BCUT2D eigenvalue weighted by molar-refractivity contribution is 14.1. The average molecular weight is 696 g/mol. The van der Waals surface area contributed by atoms with Crippen molar-refractivity contribution < 1.29 is 48.7 Å². The maximum Gasteiger partial charge on any atom is 0.290 e. The van der Waals surface area contributed by atoms with Crippen LogP contribution in [-0.2, 0) is 27.5 Å². The highest BCUT2D eigenvalue weighted by Crippen LogP contribution is 2.38. The molecule has 12 nitrogen and oxygen atoms in total. The molecular weight excluding hydrogens is 663 g/mol. The number of amides is 2. The molecule has 0 bridgehead atoms. The number of Topliss-reactive ketones (excluding diaryl/α,β-unsaturated/α-hetero) is 1. The SMILES string of the molecule is CCC(=O)C(=O)N(Cc1ccc2c(c1)OCO2)C1CC(C(=O)NCCO)=CC(Oc2c(I)cc(CO)cc2OC)C1O. The molecule has 0 saturated carbocycles. The zero-order valence-corrected chi connectivity index (χ0v) is 25.3. The van der Waals surface area contributed by atoms with Crippen molar-refractivity contribution in [1.29, 1.82) is 0 Å². The van der Waals surface area contributed by atoms with Crippen LogP contribution in [-0.4, -0.2) is 83.1 Å². The van der Waals surface area contributed by atoms with E-state index >= 15 is 0 Å². The van der Waals surface area contributed by atoms with Crippen molar-refractivity contribution in [1.82, 2.24) is 10.2 Å².